The molecule has 1 heterocycles. The van der Waals surface area contributed by atoms with Gasteiger partial charge in [0.05, 0.1) is 6.33 Å². The minimum atomic E-state index is 0. The fourth-order valence-corrected chi connectivity index (χ4v) is 0.215. The van der Waals surface area contributed by atoms with Crippen LogP contribution in [-0.2, 0) is 0 Å². The van der Waals surface area contributed by atoms with Crippen molar-refractivity contribution in [1.82, 2.24) is 9.97 Å². The van der Waals surface area contributed by atoms with Gasteiger partial charge in [0, 0.05) is 51.0 Å². The summed E-state index contributed by atoms with van der Waals surface area (Å²) in [6, 6.07) is 0. The molecule has 0 saturated carbocycles. The molecule has 0 saturated heterocycles. The van der Waals surface area contributed by atoms with Gasteiger partial charge in [0.25, 0.3) is 0 Å². The van der Waals surface area contributed by atoms with Gasteiger partial charge in [-0.3, -0.25) is 0 Å². The van der Waals surface area contributed by atoms with Gasteiger partial charge in [0.15, 0.2) is 0 Å². The first-order chi connectivity index (χ1) is 2.50. The normalized spacial score (nSPS) is 6.67. The van der Waals surface area contributed by atoms with Crippen LogP contribution in [0.4, 0.5) is 0 Å². The van der Waals surface area contributed by atoms with Crippen molar-refractivity contribution in [3.05, 3.63) is 18.7 Å². The third-order valence-electron chi connectivity index (χ3n) is 0.406. The Hall–Kier alpha value is 0.496. The van der Waals surface area contributed by atoms with Crippen LogP contribution >= 0.6 is 0 Å². The molecule has 0 atom stereocenters. The Balaban J connectivity index is 0.000000250. The smallest absolute Gasteiger partial charge is 0.0919 e. The maximum Gasteiger partial charge on any atom is 0.0919 e. The molecule has 0 unspecified atom stereocenters. The number of nitrogens with zero attached hydrogens (tertiary/aromatic N) is 1. The van der Waals surface area contributed by atoms with Crippen molar-refractivity contribution in [3.63, 3.8) is 0 Å². The number of aromatic nitrogens is 2. The van der Waals surface area contributed by atoms with E-state index >= 15 is 0 Å². The summed E-state index contributed by atoms with van der Waals surface area (Å²) >= 11 is 0. The van der Waals surface area contributed by atoms with E-state index in [9.17, 15) is 0 Å². The van der Waals surface area contributed by atoms with Crippen molar-refractivity contribution in [1.29, 1.82) is 0 Å². The van der Waals surface area contributed by atoms with E-state index in [2.05, 4.69) is 9.97 Å². The Morgan fingerprint density at radius 1 is 1.50 bits per heavy atom. The third-order valence-corrected chi connectivity index (χ3v) is 0.406. The van der Waals surface area contributed by atoms with E-state index in [0.29, 0.717) is 0 Å². The van der Waals surface area contributed by atoms with Crippen LogP contribution in [-0.4, -0.2) is 9.97 Å². The van der Waals surface area contributed by atoms with Crippen molar-refractivity contribution in [2.75, 3.05) is 0 Å². The summed E-state index contributed by atoms with van der Waals surface area (Å²) in [7, 11) is 0. The van der Waals surface area contributed by atoms with Gasteiger partial charge in [-0.1, -0.05) is 0 Å². The SMILES string of the molecule is [Tb].c1c[nH]cn1. The minimum Gasteiger partial charge on any atom is -0.351 e. The van der Waals surface area contributed by atoms with Gasteiger partial charge in [-0.2, -0.15) is 0 Å². The topological polar surface area (TPSA) is 28.7 Å². The summed E-state index contributed by atoms with van der Waals surface area (Å²) in [6.07, 6.45) is 5.08. The van der Waals surface area contributed by atoms with Crippen LogP contribution in [0, 0.1) is 38.6 Å². The molecular formula is C3H4N2Tb. The fourth-order valence-electron chi connectivity index (χ4n) is 0.215. The van der Waals surface area contributed by atoms with E-state index in [1.54, 1.807) is 18.7 Å². The van der Waals surface area contributed by atoms with Gasteiger partial charge in [-0.05, 0) is 0 Å². The number of aromatic amines is 1. The predicted octanol–water partition coefficient (Wildman–Crippen LogP) is 0.410. The summed E-state index contributed by atoms with van der Waals surface area (Å²) in [5, 5.41) is 0. The number of imidazole rings is 1. The van der Waals surface area contributed by atoms with Crippen molar-refractivity contribution >= 4 is 0 Å². The fraction of sp³-hybridized carbons (Fsp3) is 0. The summed E-state index contributed by atoms with van der Waals surface area (Å²) < 4.78 is 0. The van der Waals surface area contributed by atoms with E-state index in [-0.39, 0.29) is 38.6 Å². The molecule has 0 fully saturated rings. The number of rotatable bonds is 0. The van der Waals surface area contributed by atoms with Crippen LogP contribution in [0.1, 0.15) is 0 Å². The van der Waals surface area contributed by atoms with Crippen LogP contribution in [0.15, 0.2) is 18.7 Å². The molecule has 1 radical (unpaired) electrons. The van der Waals surface area contributed by atoms with Crippen molar-refractivity contribution in [2.45, 2.75) is 0 Å². The van der Waals surface area contributed by atoms with Gasteiger partial charge < -0.3 is 4.98 Å². The van der Waals surface area contributed by atoms with Crippen molar-refractivity contribution in [2.24, 2.45) is 0 Å². The Morgan fingerprint density at radius 2 is 2.33 bits per heavy atom. The van der Waals surface area contributed by atoms with Crippen LogP contribution in [0.25, 0.3) is 0 Å². The molecule has 2 nitrogen and oxygen atoms in total. The zero-order chi connectivity index (χ0) is 3.54. The van der Waals surface area contributed by atoms with Gasteiger partial charge in [-0.25, -0.2) is 4.98 Å². The van der Waals surface area contributed by atoms with Gasteiger partial charge in [0.1, 0.15) is 0 Å². The number of hydrogen-bond donors (Lipinski definition) is 1. The van der Waals surface area contributed by atoms with E-state index in [0.717, 1.165) is 0 Å². The molecule has 0 aliphatic rings. The molecule has 0 spiro atoms. The number of hydrogen-bond acceptors (Lipinski definition) is 1. The molecule has 0 aromatic carbocycles. The molecule has 1 rings (SSSR count). The molecule has 0 aliphatic carbocycles. The zero-order valence-electron chi connectivity index (χ0n) is 3.01. The summed E-state index contributed by atoms with van der Waals surface area (Å²) in [5.74, 6) is 0. The van der Waals surface area contributed by atoms with Crippen molar-refractivity contribution < 1.29 is 38.6 Å². The standard InChI is InChI=1S/C3H4N2.Tb/c1-2-5-3-4-1;/h1-3H,(H,4,5);. The maximum atomic E-state index is 3.67. The van der Waals surface area contributed by atoms with Crippen molar-refractivity contribution in [3.8, 4) is 0 Å². The summed E-state index contributed by atoms with van der Waals surface area (Å²) in [5.41, 5.74) is 0. The Bertz CT molecular complexity index is 65.3. The monoisotopic (exact) mass is 227 g/mol. The second-order valence-electron chi connectivity index (χ2n) is 0.761. The zero-order valence-corrected chi connectivity index (χ0v) is 5.15. The molecule has 0 bridgehead atoms. The minimum absolute atomic E-state index is 0. The van der Waals surface area contributed by atoms with Crippen LogP contribution in [0.2, 0.25) is 0 Å². The van der Waals surface area contributed by atoms with Gasteiger partial charge in [0.2, 0.25) is 0 Å². The van der Waals surface area contributed by atoms with E-state index in [1.165, 1.54) is 0 Å². The largest absolute Gasteiger partial charge is 0.351 e. The predicted molar refractivity (Wildman–Crippen MR) is 18.6 cm³/mol. The average molecular weight is 227 g/mol. The number of nitrogens with one attached hydrogen (secondary N) is 1. The molecule has 1 N–H and O–H groups in total. The first-order valence-electron chi connectivity index (χ1n) is 1.43. The van der Waals surface area contributed by atoms with Crippen LogP contribution < -0.4 is 0 Å². The summed E-state index contributed by atoms with van der Waals surface area (Å²) in [6.45, 7) is 0. The molecule has 1 aromatic heterocycles. The Labute approximate surface area is 66.8 Å². The molecule has 35 valence electrons. The molecule has 1 aromatic rings. The van der Waals surface area contributed by atoms with E-state index in [1.807, 2.05) is 0 Å². The molecule has 0 aliphatic heterocycles. The number of H-pyrrole nitrogens is 1. The van der Waals surface area contributed by atoms with Gasteiger partial charge >= 0.3 is 0 Å². The summed E-state index contributed by atoms with van der Waals surface area (Å²) in [4.78, 5) is 6.42. The molecule has 6 heavy (non-hydrogen) atoms. The third kappa shape index (κ3) is 1.82. The van der Waals surface area contributed by atoms with E-state index < -0.39 is 0 Å². The molecule has 3 heteroatoms. The second kappa shape index (κ2) is 3.68. The Morgan fingerprint density at radius 3 is 2.50 bits per heavy atom. The molecule has 0 amide bonds. The average Bonchev–Trinajstić information content (AvgIpc) is 1.76. The second-order valence-corrected chi connectivity index (χ2v) is 0.761. The van der Waals surface area contributed by atoms with E-state index in [4.69, 9.17) is 0 Å². The Kier molecular flexibility index (Phi) is 3.98. The maximum absolute atomic E-state index is 3.67. The quantitative estimate of drug-likeness (QED) is 0.683. The first kappa shape index (κ1) is 6.50. The molecular weight excluding hydrogens is 223 g/mol. The van der Waals surface area contributed by atoms with Gasteiger partial charge in [-0.15, -0.1) is 0 Å². The first-order valence-corrected chi connectivity index (χ1v) is 1.43. The van der Waals surface area contributed by atoms with Crippen LogP contribution in [0.3, 0.4) is 0 Å². The van der Waals surface area contributed by atoms with Crippen LogP contribution in [0.5, 0.6) is 0 Å².